The maximum Gasteiger partial charge on any atom is 0.0344 e. The quantitative estimate of drug-likeness (QED) is 0.855. The highest BCUT2D eigenvalue weighted by atomic mass is 15.0. The molecule has 4 aliphatic rings. The van der Waals surface area contributed by atoms with E-state index in [0.29, 0.717) is 0 Å². The van der Waals surface area contributed by atoms with E-state index in [1.165, 1.54) is 43.5 Å². The highest BCUT2D eigenvalue weighted by molar-refractivity contribution is 5.54. The van der Waals surface area contributed by atoms with Crippen LogP contribution in [0.3, 0.4) is 0 Å². The van der Waals surface area contributed by atoms with E-state index in [0.717, 1.165) is 29.7 Å². The number of rotatable bonds is 3. The Hall–Kier alpha value is -1.18. The molecule has 0 radical (unpaired) electrons. The lowest BCUT2D eigenvalue weighted by Crippen LogP contribution is -2.51. The van der Waals surface area contributed by atoms with Gasteiger partial charge in [0.25, 0.3) is 0 Å². The van der Waals surface area contributed by atoms with Gasteiger partial charge in [0.05, 0.1) is 0 Å². The fourth-order valence-corrected chi connectivity index (χ4v) is 5.09. The topological polar surface area (TPSA) is 24.1 Å². The smallest absolute Gasteiger partial charge is 0.0344 e. The van der Waals surface area contributed by atoms with Crippen molar-refractivity contribution in [3.8, 4) is 0 Å². The Morgan fingerprint density at radius 1 is 0.789 bits per heavy atom. The molecule has 0 aromatic heterocycles. The second kappa shape index (κ2) is 4.43. The van der Waals surface area contributed by atoms with Gasteiger partial charge in [-0.25, -0.2) is 0 Å². The molecule has 4 aliphatic carbocycles. The Morgan fingerprint density at radius 3 is 1.84 bits per heavy atom. The van der Waals surface area contributed by atoms with Crippen LogP contribution in [0.25, 0.3) is 0 Å². The SMILES string of the molecule is CNc1ccc(NC2C3CC4CC(C3)CC2C4)cc1. The number of hydrogen-bond donors (Lipinski definition) is 2. The normalized spacial score (nSPS) is 39.3. The van der Waals surface area contributed by atoms with Crippen molar-refractivity contribution in [1.29, 1.82) is 0 Å². The van der Waals surface area contributed by atoms with Crippen LogP contribution in [0, 0.1) is 23.7 Å². The van der Waals surface area contributed by atoms with Crippen LogP contribution in [0.4, 0.5) is 11.4 Å². The van der Waals surface area contributed by atoms with Crippen LogP contribution < -0.4 is 10.6 Å². The highest BCUT2D eigenvalue weighted by Crippen LogP contribution is 2.54. The molecule has 2 heteroatoms. The van der Waals surface area contributed by atoms with E-state index in [-0.39, 0.29) is 0 Å². The zero-order valence-electron chi connectivity index (χ0n) is 11.7. The van der Waals surface area contributed by atoms with Crippen molar-refractivity contribution >= 4 is 11.4 Å². The molecule has 102 valence electrons. The van der Waals surface area contributed by atoms with Gasteiger partial charge in [-0.1, -0.05) is 0 Å². The van der Waals surface area contributed by atoms with Crippen molar-refractivity contribution in [2.75, 3.05) is 17.7 Å². The van der Waals surface area contributed by atoms with Gasteiger partial charge in [-0.05, 0) is 80.0 Å². The van der Waals surface area contributed by atoms with Gasteiger partial charge in [-0.2, -0.15) is 0 Å². The molecule has 0 heterocycles. The summed E-state index contributed by atoms with van der Waals surface area (Å²) >= 11 is 0. The molecule has 0 spiro atoms. The summed E-state index contributed by atoms with van der Waals surface area (Å²) in [5.41, 5.74) is 2.49. The first-order valence-corrected chi connectivity index (χ1v) is 7.86. The Kier molecular flexibility index (Phi) is 2.71. The number of nitrogens with one attached hydrogen (secondary N) is 2. The molecule has 19 heavy (non-hydrogen) atoms. The molecular weight excluding hydrogens is 232 g/mol. The van der Waals surface area contributed by atoms with Crippen LogP contribution >= 0.6 is 0 Å². The van der Waals surface area contributed by atoms with Gasteiger partial charge >= 0.3 is 0 Å². The predicted molar refractivity (Wildman–Crippen MR) is 80.4 cm³/mol. The van der Waals surface area contributed by atoms with E-state index < -0.39 is 0 Å². The zero-order valence-corrected chi connectivity index (χ0v) is 11.7. The molecule has 2 nitrogen and oxygen atoms in total. The lowest BCUT2D eigenvalue weighted by atomic mass is 9.54. The van der Waals surface area contributed by atoms with Crippen LogP contribution in [0.1, 0.15) is 32.1 Å². The monoisotopic (exact) mass is 256 g/mol. The molecule has 4 saturated carbocycles. The standard InChI is InChI=1S/C17H24N2/c1-18-15-2-4-16(5-3-15)19-17-13-7-11-6-12(9-13)10-14(17)8-11/h2-5,11-14,17-19H,6-10H2,1H3. The largest absolute Gasteiger partial charge is 0.388 e. The maximum absolute atomic E-state index is 3.85. The van der Waals surface area contributed by atoms with Gasteiger partial charge in [0.15, 0.2) is 0 Å². The fourth-order valence-electron chi connectivity index (χ4n) is 5.09. The summed E-state index contributed by atoms with van der Waals surface area (Å²) < 4.78 is 0. The van der Waals surface area contributed by atoms with Crippen LogP contribution in [0.5, 0.6) is 0 Å². The lowest BCUT2D eigenvalue weighted by molar-refractivity contribution is 0.00754. The first-order chi connectivity index (χ1) is 9.31. The van der Waals surface area contributed by atoms with Crippen molar-refractivity contribution in [2.45, 2.75) is 38.1 Å². The van der Waals surface area contributed by atoms with E-state index in [9.17, 15) is 0 Å². The summed E-state index contributed by atoms with van der Waals surface area (Å²) in [6.07, 6.45) is 7.48. The van der Waals surface area contributed by atoms with Crippen molar-refractivity contribution in [1.82, 2.24) is 0 Å². The van der Waals surface area contributed by atoms with E-state index >= 15 is 0 Å². The Morgan fingerprint density at radius 2 is 1.32 bits per heavy atom. The average molecular weight is 256 g/mol. The molecule has 4 bridgehead atoms. The lowest BCUT2D eigenvalue weighted by Gasteiger charge is -2.54. The summed E-state index contributed by atoms with van der Waals surface area (Å²) in [6.45, 7) is 0. The summed E-state index contributed by atoms with van der Waals surface area (Å²) in [7, 11) is 1.97. The highest BCUT2D eigenvalue weighted by Gasteiger charge is 2.48. The molecule has 0 atom stereocenters. The van der Waals surface area contributed by atoms with Gasteiger partial charge in [-0.3, -0.25) is 0 Å². The molecular formula is C17H24N2. The maximum atomic E-state index is 3.85. The molecule has 1 aromatic carbocycles. The minimum absolute atomic E-state index is 0.744. The van der Waals surface area contributed by atoms with Gasteiger partial charge in [0.2, 0.25) is 0 Å². The Bertz CT molecular complexity index is 423. The predicted octanol–water partition coefficient (Wildman–Crippen LogP) is 3.96. The second-order valence-electron chi connectivity index (χ2n) is 6.93. The van der Waals surface area contributed by atoms with Gasteiger partial charge < -0.3 is 10.6 Å². The molecule has 0 saturated heterocycles. The summed E-state index contributed by atoms with van der Waals surface area (Å²) in [5.74, 6) is 4.01. The number of anilines is 2. The molecule has 2 N–H and O–H groups in total. The van der Waals surface area contributed by atoms with E-state index in [1.54, 1.807) is 0 Å². The van der Waals surface area contributed by atoms with E-state index in [2.05, 4.69) is 34.9 Å². The molecule has 0 amide bonds. The van der Waals surface area contributed by atoms with Crippen LogP contribution in [0.15, 0.2) is 24.3 Å². The van der Waals surface area contributed by atoms with Crippen molar-refractivity contribution in [3.05, 3.63) is 24.3 Å². The van der Waals surface area contributed by atoms with Crippen molar-refractivity contribution < 1.29 is 0 Å². The number of hydrogen-bond acceptors (Lipinski definition) is 2. The number of benzene rings is 1. The van der Waals surface area contributed by atoms with E-state index in [4.69, 9.17) is 0 Å². The molecule has 0 unspecified atom stereocenters. The van der Waals surface area contributed by atoms with Gasteiger partial charge in [0.1, 0.15) is 0 Å². The van der Waals surface area contributed by atoms with E-state index in [1.807, 2.05) is 7.05 Å². The van der Waals surface area contributed by atoms with Crippen LogP contribution in [0.2, 0.25) is 0 Å². The minimum Gasteiger partial charge on any atom is -0.388 e. The molecule has 5 rings (SSSR count). The third-order valence-corrected chi connectivity index (χ3v) is 5.73. The second-order valence-corrected chi connectivity index (χ2v) is 6.93. The summed E-state index contributed by atoms with van der Waals surface area (Å²) in [6, 6.07) is 9.51. The van der Waals surface area contributed by atoms with Crippen LogP contribution in [-0.4, -0.2) is 13.1 Å². The van der Waals surface area contributed by atoms with Crippen molar-refractivity contribution in [2.24, 2.45) is 23.7 Å². The first kappa shape index (κ1) is 11.6. The Labute approximate surface area is 116 Å². The van der Waals surface area contributed by atoms with Gasteiger partial charge in [-0.15, -0.1) is 0 Å². The summed E-state index contributed by atoms with van der Waals surface area (Å²) in [4.78, 5) is 0. The Balaban J connectivity index is 1.50. The zero-order chi connectivity index (χ0) is 12.8. The first-order valence-electron chi connectivity index (χ1n) is 7.86. The molecule has 0 aliphatic heterocycles. The fraction of sp³-hybridized carbons (Fsp3) is 0.647. The average Bonchev–Trinajstić information content (AvgIpc) is 2.43. The minimum atomic E-state index is 0.744. The summed E-state index contributed by atoms with van der Waals surface area (Å²) in [5, 5.41) is 7.03. The van der Waals surface area contributed by atoms with Crippen molar-refractivity contribution in [3.63, 3.8) is 0 Å². The molecule has 1 aromatic rings. The third-order valence-electron chi connectivity index (χ3n) is 5.73. The van der Waals surface area contributed by atoms with Crippen LogP contribution in [-0.2, 0) is 0 Å². The van der Waals surface area contributed by atoms with Gasteiger partial charge in [0, 0.05) is 24.5 Å². The molecule has 4 fully saturated rings. The third kappa shape index (κ3) is 2.01.